The van der Waals surface area contributed by atoms with Crippen LogP contribution in [0.25, 0.3) is 11.6 Å². The number of benzene rings is 2. The van der Waals surface area contributed by atoms with Crippen LogP contribution >= 0.6 is 0 Å². The van der Waals surface area contributed by atoms with Crippen LogP contribution in [0.5, 0.6) is 0 Å². The summed E-state index contributed by atoms with van der Waals surface area (Å²) in [5, 5.41) is 0. The van der Waals surface area contributed by atoms with Crippen molar-refractivity contribution in [3.63, 3.8) is 0 Å². The largest absolute Gasteiger partial charge is 0.359 e. The number of carbonyl (C=O) groups is 2. The normalized spacial score (nSPS) is 15.6. The molecule has 0 spiro atoms. The number of carbonyl (C=O) groups excluding carboxylic acids is 2. The Bertz CT molecular complexity index is 1110. The predicted octanol–water partition coefficient (Wildman–Crippen LogP) is 4.92. The second kappa shape index (κ2) is 7.55. The summed E-state index contributed by atoms with van der Waals surface area (Å²) in [5.74, 6) is -0.736. The average Bonchev–Trinajstić information content (AvgIpc) is 3.18. The molecule has 0 radical (unpaired) electrons. The number of nitrogens with one attached hydrogen (secondary N) is 1. The van der Waals surface area contributed by atoms with Crippen LogP contribution in [0.4, 0.5) is 5.69 Å². The number of hydrogen-bond acceptors (Lipinski definition) is 2. The van der Waals surface area contributed by atoms with E-state index in [9.17, 15) is 9.59 Å². The van der Waals surface area contributed by atoms with Gasteiger partial charge in [-0.25, -0.2) is 4.90 Å². The summed E-state index contributed by atoms with van der Waals surface area (Å²) in [6.45, 7) is 5.87. The van der Waals surface area contributed by atoms with Crippen LogP contribution < -0.4 is 4.90 Å². The van der Waals surface area contributed by atoms with E-state index in [-0.39, 0.29) is 17.7 Å². The molecule has 1 aliphatic rings. The van der Waals surface area contributed by atoms with Crippen LogP contribution in [0.1, 0.15) is 35.0 Å². The molecule has 2 aromatic carbocycles. The minimum Gasteiger partial charge on any atom is -0.359 e. The van der Waals surface area contributed by atoms with Gasteiger partial charge in [-0.2, -0.15) is 0 Å². The van der Waals surface area contributed by atoms with E-state index in [1.807, 2.05) is 87.5 Å². The second-order valence-corrected chi connectivity index (χ2v) is 7.69. The maximum Gasteiger partial charge on any atom is 0.265 e. The van der Waals surface area contributed by atoms with Crippen LogP contribution in [0.3, 0.4) is 0 Å². The van der Waals surface area contributed by atoms with Gasteiger partial charge < -0.3 is 4.98 Å². The zero-order chi connectivity index (χ0) is 20.5. The van der Waals surface area contributed by atoms with Crippen LogP contribution in [0.15, 0.2) is 60.7 Å². The number of anilines is 1. The predicted molar refractivity (Wildman–Crippen MR) is 116 cm³/mol. The maximum absolute atomic E-state index is 13.3. The third-order valence-corrected chi connectivity index (χ3v) is 5.37. The van der Waals surface area contributed by atoms with Crippen molar-refractivity contribution in [2.75, 3.05) is 4.90 Å². The lowest BCUT2D eigenvalue weighted by atomic mass is 10.00. The van der Waals surface area contributed by atoms with Crippen molar-refractivity contribution < 1.29 is 9.59 Å². The minimum absolute atomic E-state index is 0.172. The number of para-hydroxylation sites is 1. The summed E-state index contributed by atoms with van der Waals surface area (Å²) >= 11 is 0. The van der Waals surface area contributed by atoms with Gasteiger partial charge in [-0.3, -0.25) is 9.59 Å². The van der Waals surface area contributed by atoms with Gasteiger partial charge >= 0.3 is 0 Å². The topological polar surface area (TPSA) is 53.2 Å². The van der Waals surface area contributed by atoms with Gasteiger partial charge in [0.05, 0.1) is 11.3 Å². The summed E-state index contributed by atoms with van der Waals surface area (Å²) in [4.78, 5) is 31.2. The van der Waals surface area contributed by atoms with E-state index in [0.29, 0.717) is 17.7 Å². The quantitative estimate of drug-likeness (QED) is 0.649. The van der Waals surface area contributed by atoms with Gasteiger partial charge in [0.15, 0.2) is 0 Å². The Labute approximate surface area is 170 Å². The Kier molecular flexibility index (Phi) is 4.93. The number of aryl methyl sites for hydroxylation is 2. The molecule has 1 aliphatic heterocycles. The van der Waals surface area contributed by atoms with Crippen molar-refractivity contribution in [1.82, 2.24) is 4.98 Å². The molecule has 146 valence electrons. The monoisotopic (exact) mass is 384 g/mol. The molecule has 1 N–H and O–H groups in total. The summed E-state index contributed by atoms with van der Waals surface area (Å²) in [6, 6.07) is 19.4. The molecule has 2 amide bonds. The van der Waals surface area contributed by atoms with Crippen molar-refractivity contribution in [3.8, 4) is 0 Å². The minimum atomic E-state index is -0.303. The van der Waals surface area contributed by atoms with Crippen molar-refractivity contribution in [1.29, 1.82) is 0 Å². The molecule has 4 rings (SSSR count). The zero-order valence-electron chi connectivity index (χ0n) is 16.9. The van der Waals surface area contributed by atoms with E-state index < -0.39 is 0 Å². The van der Waals surface area contributed by atoms with E-state index in [1.165, 1.54) is 4.90 Å². The highest BCUT2D eigenvalue weighted by atomic mass is 16.2. The fourth-order valence-corrected chi connectivity index (χ4v) is 3.92. The summed E-state index contributed by atoms with van der Waals surface area (Å²) in [7, 11) is 0. The first-order valence-electron chi connectivity index (χ1n) is 9.85. The van der Waals surface area contributed by atoms with Crippen LogP contribution in [0, 0.1) is 19.8 Å². The van der Waals surface area contributed by atoms with Gasteiger partial charge in [-0.05, 0) is 49.6 Å². The van der Waals surface area contributed by atoms with Gasteiger partial charge in [0.1, 0.15) is 0 Å². The number of aromatic amines is 1. The first kappa shape index (κ1) is 18.9. The Hall–Kier alpha value is -3.40. The van der Waals surface area contributed by atoms with Crippen molar-refractivity contribution in [3.05, 3.63) is 88.7 Å². The van der Waals surface area contributed by atoms with E-state index >= 15 is 0 Å². The summed E-state index contributed by atoms with van der Waals surface area (Å²) in [5.41, 5.74) is 6.10. The van der Waals surface area contributed by atoms with Crippen molar-refractivity contribution in [2.24, 2.45) is 5.92 Å². The SMILES string of the molecule is Cc1cc(C)c(C=C2C(=O)N(C(=O)C(C)Cc3ccccc3)c3ccccc32)[nH]1. The van der Waals surface area contributed by atoms with Gasteiger partial charge in [0, 0.05) is 22.9 Å². The molecular formula is C25H24N2O2. The summed E-state index contributed by atoms with van der Waals surface area (Å²) < 4.78 is 0. The van der Waals surface area contributed by atoms with Gasteiger partial charge in [-0.1, -0.05) is 55.5 Å². The Morgan fingerprint density at radius 1 is 1.07 bits per heavy atom. The van der Waals surface area contributed by atoms with E-state index in [0.717, 1.165) is 28.1 Å². The van der Waals surface area contributed by atoms with Crippen LogP contribution in [0.2, 0.25) is 0 Å². The summed E-state index contributed by atoms with van der Waals surface area (Å²) in [6.07, 6.45) is 2.46. The number of fused-ring (bicyclic) bond motifs is 1. The molecule has 0 fully saturated rings. The Morgan fingerprint density at radius 3 is 2.45 bits per heavy atom. The number of amides is 2. The molecule has 0 saturated carbocycles. The highest BCUT2D eigenvalue weighted by Gasteiger charge is 2.38. The highest BCUT2D eigenvalue weighted by Crippen LogP contribution is 2.38. The number of imide groups is 1. The molecule has 0 bridgehead atoms. The number of nitrogens with zero attached hydrogens (tertiary/aromatic N) is 1. The third kappa shape index (κ3) is 3.54. The lowest BCUT2D eigenvalue weighted by Crippen LogP contribution is -2.38. The molecule has 29 heavy (non-hydrogen) atoms. The third-order valence-electron chi connectivity index (χ3n) is 5.37. The Morgan fingerprint density at radius 2 is 1.76 bits per heavy atom. The van der Waals surface area contributed by atoms with Crippen molar-refractivity contribution >= 4 is 29.2 Å². The number of rotatable bonds is 4. The lowest BCUT2D eigenvalue weighted by molar-refractivity contribution is -0.126. The molecule has 2 heterocycles. The maximum atomic E-state index is 13.3. The first-order chi connectivity index (χ1) is 14.0. The molecule has 1 atom stereocenters. The van der Waals surface area contributed by atoms with E-state index in [4.69, 9.17) is 0 Å². The Balaban J connectivity index is 1.69. The molecule has 4 heteroatoms. The lowest BCUT2D eigenvalue weighted by Gasteiger charge is -2.20. The average molecular weight is 384 g/mol. The van der Waals surface area contributed by atoms with E-state index in [1.54, 1.807) is 0 Å². The van der Waals surface area contributed by atoms with Crippen molar-refractivity contribution in [2.45, 2.75) is 27.2 Å². The van der Waals surface area contributed by atoms with Gasteiger partial charge in [-0.15, -0.1) is 0 Å². The smallest absolute Gasteiger partial charge is 0.265 e. The fourth-order valence-electron chi connectivity index (χ4n) is 3.92. The fraction of sp³-hybridized carbons (Fsp3) is 0.200. The van der Waals surface area contributed by atoms with Gasteiger partial charge in [0.2, 0.25) is 5.91 Å². The number of hydrogen-bond donors (Lipinski definition) is 1. The molecule has 1 aromatic heterocycles. The number of H-pyrrole nitrogens is 1. The number of aromatic nitrogens is 1. The van der Waals surface area contributed by atoms with Crippen LogP contribution in [-0.4, -0.2) is 16.8 Å². The molecule has 1 unspecified atom stereocenters. The van der Waals surface area contributed by atoms with Crippen LogP contribution in [-0.2, 0) is 16.0 Å². The molecule has 0 saturated heterocycles. The van der Waals surface area contributed by atoms with E-state index in [2.05, 4.69) is 4.98 Å². The van der Waals surface area contributed by atoms with Gasteiger partial charge in [0.25, 0.3) is 5.91 Å². The molecule has 4 nitrogen and oxygen atoms in total. The molecular weight excluding hydrogens is 360 g/mol. The zero-order valence-corrected chi connectivity index (χ0v) is 16.9. The second-order valence-electron chi connectivity index (χ2n) is 7.69. The molecule has 3 aromatic rings. The standard InChI is InChI=1S/C25H24N2O2/c1-16-13-18(3)26-22(16)15-21-20-11-7-8-12-23(20)27(25(21)29)24(28)17(2)14-19-9-5-4-6-10-19/h4-13,15,17,26H,14H2,1-3H3. The highest BCUT2D eigenvalue weighted by molar-refractivity contribution is 6.42. The first-order valence-corrected chi connectivity index (χ1v) is 9.85. The molecule has 0 aliphatic carbocycles.